The number of benzene rings is 2. The Kier molecular flexibility index (Phi) is 3.93. The number of hydrogen-bond acceptors (Lipinski definition) is 3. The van der Waals surface area contributed by atoms with Crippen LogP contribution in [0.15, 0.2) is 36.4 Å². The van der Waals surface area contributed by atoms with Crippen molar-refractivity contribution < 1.29 is 19.8 Å². The van der Waals surface area contributed by atoms with Crippen molar-refractivity contribution in [2.75, 3.05) is 5.32 Å². The predicted octanol–water partition coefficient (Wildman–Crippen LogP) is 3.44. The summed E-state index contributed by atoms with van der Waals surface area (Å²) < 4.78 is 0. The van der Waals surface area contributed by atoms with Gasteiger partial charge in [0, 0.05) is 0 Å². The average Bonchev–Trinajstić information content (AvgIpc) is 2.37. The lowest BCUT2D eigenvalue weighted by Crippen LogP contribution is -2.08. The van der Waals surface area contributed by atoms with Gasteiger partial charge in [0.2, 0.25) is 0 Å². The van der Waals surface area contributed by atoms with Gasteiger partial charge in [0.1, 0.15) is 0 Å². The van der Waals surface area contributed by atoms with Crippen molar-refractivity contribution in [3.05, 3.63) is 58.7 Å². The number of anilines is 2. The van der Waals surface area contributed by atoms with Crippen molar-refractivity contribution in [2.45, 2.75) is 13.8 Å². The highest BCUT2D eigenvalue weighted by Gasteiger charge is 2.16. The summed E-state index contributed by atoms with van der Waals surface area (Å²) in [6.07, 6.45) is 0. The maximum atomic E-state index is 11.4. The van der Waals surface area contributed by atoms with Crippen LogP contribution in [0.1, 0.15) is 31.8 Å². The molecule has 0 aliphatic rings. The fourth-order valence-electron chi connectivity index (χ4n) is 2.27. The van der Waals surface area contributed by atoms with Gasteiger partial charge in [-0.15, -0.1) is 0 Å². The Hall–Kier alpha value is -2.82. The van der Waals surface area contributed by atoms with E-state index in [9.17, 15) is 19.8 Å². The van der Waals surface area contributed by atoms with E-state index in [1.165, 1.54) is 6.07 Å². The molecular formula is C16H15NO4. The predicted molar refractivity (Wildman–Crippen MR) is 79.6 cm³/mol. The fraction of sp³-hybridized carbons (Fsp3) is 0.125. The molecule has 2 rings (SSSR count). The largest absolute Gasteiger partial charge is 0.478 e. The summed E-state index contributed by atoms with van der Waals surface area (Å²) in [6, 6.07) is 9.85. The molecule has 2 aromatic rings. The molecule has 0 amide bonds. The van der Waals surface area contributed by atoms with Crippen LogP contribution in [0.3, 0.4) is 0 Å². The summed E-state index contributed by atoms with van der Waals surface area (Å²) in [4.78, 5) is 22.6. The van der Waals surface area contributed by atoms with Gasteiger partial charge in [0.15, 0.2) is 0 Å². The van der Waals surface area contributed by atoms with Gasteiger partial charge in [0.25, 0.3) is 0 Å². The number of nitrogens with one attached hydrogen (secondary N) is 1. The minimum atomic E-state index is -1.07. The molecule has 0 bridgehead atoms. The van der Waals surface area contributed by atoms with Gasteiger partial charge in [-0.05, 0) is 43.2 Å². The Morgan fingerprint density at radius 3 is 2.24 bits per heavy atom. The number of aryl methyl sites for hydroxylation is 2. The van der Waals surface area contributed by atoms with E-state index in [0.29, 0.717) is 16.9 Å². The summed E-state index contributed by atoms with van der Waals surface area (Å²) in [6.45, 7) is 3.57. The Morgan fingerprint density at radius 1 is 0.952 bits per heavy atom. The van der Waals surface area contributed by atoms with Gasteiger partial charge in [0.05, 0.1) is 22.5 Å². The topological polar surface area (TPSA) is 86.6 Å². The van der Waals surface area contributed by atoms with Crippen molar-refractivity contribution in [3.63, 3.8) is 0 Å². The van der Waals surface area contributed by atoms with Gasteiger partial charge in [-0.3, -0.25) is 0 Å². The molecule has 0 aliphatic carbocycles. The molecule has 0 aromatic heterocycles. The molecule has 0 radical (unpaired) electrons. The van der Waals surface area contributed by atoms with Crippen LogP contribution >= 0.6 is 0 Å². The van der Waals surface area contributed by atoms with Crippen LogP contribution in [-0.2, 0) is 0 Å². The molecule has 5 nitrogen and oxygen atoms in total. The molecule has 0 heterocycles. The van der Waals surface area contributed by atoms with Gasteiger partial charge in [-0.1, -0.05) is 18.2 Å². The van der Waals surface area contributed by atoms with Gasteiger partial charge >= 0.3 is 11.9 Å². The van der Waals surface area contributed by atoms with Crippen molar-refractivity contribution in [2.24, 2.45) is 0 Å². The molecule has 0 unspecified atom stereocenters. The number of carbonyl (C=O) groups is 2. The Bertz CT molecular complexity index is 722. The molecule has 0 fully saturated rings. The SMILES string of the molecule is Cc1cc(C)c(C(=O)O)c(Nc2ccccc2C(=O)O)c1. The molecule has 0 saturated carbocycles. The number of hydrogen-bond donors (Lipinski definition) is 3. The van der Waals surface area contributed by atoms with E-state index < -0.39 is 11.9 Å². The minimum Gasteiger partial charge on any atom is -0.478 e. The summed E-state index contributed by atoms with van der Waals surface area (Å²) in [5, 5.41) is 21.4. The summed E-state index contributed by atoms with van der Waals surface area (Å²) in [5.74, 6) is -2.12. The van der Waals surface area contributed by atoms with E-state index in [-0.39, 0.29) is 11.1 Å². The normalized spacial score (nSPS) is 10.2. The summed E-state index contributed by atoms with van der Waals surface area (Å²) in [7, 11) is 0. The lowest BCUT2D eigenvalue weighted by Gasteiger charge is -2.14. The van der Waals surface area contributed by atoms with E-state index in [4.69, 9.17) is 0 Å². The third kappa shape index (κ3) is 3.02. The van der Waals surface area contributed by atoms with Crippen molar-refractivity contribution in [1.29, 1.82) is 0 Å². The molecule has 5 heteroatoms. The maximum absolute atomic E-state index is 11.4. The zero-order valence-corrected chi connectivity index (χ0v) is 11.7. The Balaban J connectivity index is 2.54. The van der Waals surface area contributed by atoms with Crippen LogP contribution < -0.4 is 5.32 Å². The monoisotopic (exact) mass is 285 g/mol. The van der Waals surface area contributed by atoms with E-state index >= 15 is 0 Å². The third-order valence-corrected chi connectivity index (χ3v) is 3.12. The summed E-state index contributed by atoms with van der Waals surface area (Å²) in [5.41, 5.74) is 2.49. The molecule has 21 heavy (non-hydrogen) atoms. The Morgan fingerprint density at radius 2 is 1.62 bits per heavy atom. The fourth-order valence-corrected chi connectivity index (χ4v) is 2.27. The van der Waals surface area contributed by atoms with Crippen molar-refractivity contribution >= 4 is 23.3 Å². The molecule has 3 N–H and O–H groups in total. The highest BCUT2D eigenvalue weighted by atomic mass is 16.4. The highest BCUT2D eigenvalue weighted by molar-refractivity contribution is 5.99. The molecule has 0 aliphatic heterocycles. The van der Waals surface area contributed by atoms with Gasteiger partial charge in [-0.25, -0.2) is 9.59 Å². The summed E-state index contributed by atoms with van der Waals surface area (Å²) >= 11 is 0. The lowest BCUT2D eigenvalue weighted by molar-refractivity contribution is 0.0687. The first-order valence-electron chi connectivity index (χ1n) is 6.34. The third-order valence-electron chi connectivity index (χ3n) is 3.12. The second-order valence-electron chi connectivity index (χ2n) is 4.79. The number of aromatic carboxylic acids is 2. The van der Waals surface area contributed by atoms with Crippen LogP contribution in [0.4, 0.5) is 11.4 Å². The zero-order chi connectivity index (χ0) is 15.6. The van der Waals surface area contributed by atoms with Crippen LogP contribution in [0.5, 0.6) is 0 Å². The van der Waals surface area contributed by atoms with Crippen LogP contribution in [-0.4, -0.2) is 22.2 Å². The van der Waals surface area contributed by atoms with Crippen molar-refractivity contribution in [1.82, 2.24) is 0 Å². The first-order chi connectivity index (χ1) is 9.90. The highest BCUT2D eigenvalue weighted by Crippen LogP contribution is 2.27. The maximum Gasteiger partial charge on any atom is 0.338 e. The average molecular weight is 285 g/mol. The Labute approximate surface area is 121 Å². The first kappa shape index (κ1) is 14.6. The first-order valence-corrected chi connectivity index (χ1v) is 6.34. The van der Waals surface area contributed by atoms with Crippen LogP contribution in [0.2, 0.25) is 0 Å². The van der Waals surface area contributed by atoms with Crippen LogP contribution in [0, 0.1) is 13.8 Å². The van der Waals surface area contributed by atoms with Crippen LogP contribution in [0.25, 0.3) is 0 Å². The minimum absolute atomic E-state index is 0.0907. The smallest absolute Gasteiger partial charge is 0.338 e. The van der Waals surface area contributed by atoms with E-state index in [0.717, 1.165) is 5.56 Å². The number of rotatable bonds is 4. The lowest BCUT2D eigenvalue weighted by atomic mass is 10.0. The standard InChI is InChI=1S/C16H15NO4/c1-9-7-10(2)14(16(20)21)13(8-9)17-12-6-4-3-5-11(12)15(18)19/h3-8,17H,1-2H3,(H,18,19)(H,20,21). The number of para-hydroxylation sites is 1. The quantitative estimate of drug-likeness (QED) is 0.801. The van der Waals surface area contributed by atoms with E-state index in [1.54, 1.807) is 37.3 Å². The van der Waals surface area contributed by atoms with Gasteiger partial charge < -0.3 is 15.5 Å². The second kappa shape index (κ2) is 5.66. The van der Waals surface area contributed by atoms with Gasteiger partial charge in [-0.2, -0.15) is 0 Å². The molecule has 2 aromatic carbocycles. The molecule has 0 spiro atoms. The molecule has 108 valence electrons. The van der Waals surface area contributed by atoms with Crippen molar-refractivity contribution in [3.8, 4) is 0 Å². The zero-order valence-electron chi connectivity index (χ0n) is 11.7. The molecular weight excluding hydrogens is 270 g/mol. The number of carboxylic acids is 2. The van der Waals surface area contributed by atoms with E-state index in [1.807, 2.05) is 6.92 Å². The van der Waals surface area contributed by atoms with E-state index in [2.05, 4.69) is 5.32 Å². The molecule has 0 saturated heterocycles. The second-order valence-corrected chi connectivity index (χ2v) is 4.79. The number of carboxylic acid groups (broad SMARTS) is 2. The molecule has 0 atom stereocenters.